The Morgan fingerprint density at radius 2 is 1.62 bits per heavy atom. The molecule has 1 nitrogen and oxygen atoms in total. The molecule has 1 heterocycles. The SMILES string of the molecule is Fc1cc(-c2ccc(C3CC[Si](Cl)CC3)cc2)ccc1OC(F)F. The molecule has 0 spiro atoms. The van der Waals surface area contributed by atoms with E-state index in [1.807, 2.05) is 12.1 Å². The summed E-state index contributed by atoms with van der Waals surface area (Å²) in [4.78, 5) is 0. The fourth-order valence-electron chi connectivity index (χ4n) is 3.08. The van der Waals surface area contributed by atoms with Crippen LogP contribution in [-0.4, -0.2) is 14.7 Å². The molecule has 0 aliphatic carbocycles. The van der Waals surface area contributed by atoms with Crippen LogP contribution in [0.5, 0.6) is 5.75 Å². The van der Waals surface area contributed by atoms with Crippen molar-refractivity contribution in [1.29, 1.82) is 0 Å². The van der Waals surface area contributed by atoms with E-state index in [0.29, 0.717) is 11.5 Å². The summed E-state index contributed by atoms with van der Waals surface area (Å²) in [5.41, 5.74) is 2.76. The summed E-state index contributed by atoms with van der Waals surface area (Å²) < 4.78 is 42.3. The minimum Gasteiger partial charge on any atom is -0.432 e. The first-order valence-electron chi connectivity index (χ1n) is 7.88. The van der Waals surface area contributed by atoms with Gasteiger partial charge in [0, 0.05) is 0 Å². The molecule has 0 amide bonds. The molecular formula is C18H17ClF3OSi. The molecule has 0 aromatic heterocycles. The fourth-order valence-corrected chi connectivity index (χ4v) is 5.31. The second-order valence-corrected chi connectivity index (χ2v) is 9.58. The van der Waals surface area contributed by atoms with Crippen molar-refractivity contribution in [3.05, 3.63) is 53.8 Å². The predicted octanol–water partition coefficient (Wildman–Crippen LogP) is 6.20. The zero-order valence-electron chi connectivity index (χ0n) is 12.9. The smallest absolute Gasteiger partial charge is 0.387 e. The Hall–Kier alpha value is -1.46. The lowest BCUT2D eigenvalue weighted by molar-refractivity contribution is -0.0521. The third-order valence-corrected chi connectivity index (χ3v) is 7.19. The largest absolute Gasteiger partial charge is 0.432 e. The van der Waals surface area contributed by atoms with Gasteiger partial charge in [-0.2, -0.15) is 19.9 Å². The molecule has 24 heavy (non-hydrogen) atoms. The molecule has 1 fully saturated rings. The second-order valence-electron chi connectivity index (χ2n) is 5.94. The van der Waals surface area contributed by atoms with E-state index in [0.717, 1.165) is 30.5 Å². The van der Waals surface area contributed by atoms with Gasteiger partial charge in [-0.25, -0.2) is 4.39 Å². The molecule has 0 atom stereocenters. The summed E-state index contributed by atoms with van der Waals surface area (Å²) in [6, 6.07) is 14.3. The van der Waals surface area contributed by atoms with E-state index < -0.39 is 26.3 Å². The Labute approximate surface area is 145 Å². The third-order valence-electron chi connectivity index (χ3n) is 4.39. The van der Waals surface area contributed by atoms with E-state index in [2.05, 4.69) is 16.9 Å². The van der Waals surface area contributed by atoms with Gasteiger partial charge >= 0.3 is 6.61 Å². The van der Waals surface area contributed by atoms with Crippen LogP contribution in [-0.2, 0) is 0 Å². The second kappa shape index (κ2) is 7.62. The number of alkyl halides is 2. The Morgan fingerprint density at radius 3 is 2.21 bits per heavy atom. The highest BCUT2D eigenvalue weighted by atomic mass is 35.6. The van der Waals surface area contributed by atoms with Gasteiger partial charge in [0.2, 0.25) is 0 Å². The minimum absolute atomic E-state index is 0.439. The zero-order chi connectivity index (χ0) is 17.1. The number of rotatable bonds is 4. The van der Waals surface area contributed by atoms with Gasteiger partial charge in [0.15, 0.2) is 19.7 Å². The van der Waals surface area contributed by atoms with Gasteiger partial charge in [0.1, 0.15) is 0 Å². The maximum absolute atomic E-state index is 13.8. The quantitative estimate of drug-likeness (QED) is 0.460. The van der Waals surface area contributed by atoms with Crippen LogP contribution >= 0.6 is 11.1 Å². The van der Waals surface area contributed by atoms with E-state index in [9.17, 15) is 13.2 Å². The lowest BCUT2D eigenvalue weighted by atomic mass is 9.92. The normalized spacial score (nSPS) is 16.5. The Balaban J connectivity index is 1.74. The molecule has 2 aromatic rings. The van der Waals surface area contributed by atoms with Gasteiger partial charge < -0.3 is 4.74 Å². The van der Waals surface area contributed by atoms with Crippen molar-refractivity contribution in [2.45, 2.75) is 37.5 Å². The first-order valence-corrected chi connectivity index (χ1v) is 10.8. The van der Waals surface area contributed by atoms with E-state index in [4.69, 9.17) is 11.1 Å². The van der Waals surface area contributed by atoms with Crippen molar-refractivity contribution in [2.24, 2.45) is 0 Å². The van der Waals surface area contributed by atoms with Crippen molar-refractivity contribution in [3.8, 4) is 16.9 Å². The lowest BCUT2D eigenvalue weighted by Crippen LogP contribution is -2.14. The van der Waals surface area contributed by atoms with Gasteiger partial charge in [-0.05, 0) is 59.7 Å². The molecule has 127 valence electrons. The number of benzene rings is 2. The highest BCUT2D eigenvalue weighted by molar-refractivity contribution is 7.07. The molecule has 0 bridgehead atoms. The summed E-state index contributed by atoms with van der Waals surface area (Å²) in [6.07, 6.45) is 2.26. The Kier molecular flexibility index (Phi) is 5.51. The van der Waals surface area contributed by atoms with Crippen LogP contribution in [0.3, 0.4) is 0 Å². The lowest BCUT2D eigenvalue weighted by Gasteiger charge is -2.24. The monoisotopic (exact) mass is 369 g/mol. The predicted molar refractivity (Wildman–Crippen MR) is 91.7 cm³/mol. The van der Waals surface area contributed by atoms with Crippen LogP contribution in [0.1, 0.15) is 24.3 Å². The molecule has 1 radical (unpaired) electrons. The van der Waals surface area contributed by atoms with E-state index in [1.54, 1.807) is 6.07 Å². The molecule has 3 rings (SSSR count). The van der Waals surface area contributed by atoms with E-state index in [-0.39, 0.29) is 0 Å². The van der Waals surface area contributed by atoms with Crippen LogP contribution in [0.2, 0.25) is 12.1 Å². The summed E-state index contributed by atoms with van der Waals surface area (Å²) in [6.45, 7) is -3.03. The number of hydrogen-bond acceptors (Lipinski definition) is 1. The van der Waals surface area contributed by atoms with Crippen LogP contribution in [0.4, 0.5) is 13.2 Å². The van der Waals surface area contributed by atoms with Crippen LogP contribution < -0.4 is 4.74 Å². The standard InChI is InChI=1S/C18H17ClF3OSi/c19-24-9-7-14(8-10-24)12-1-3-13(4-2-12)15-5-6-17(16(20)11-15)23-18(21)22/h1-6,11,14,18H,7-10H2. The molecule has 1 aliphatic rings. The van der Waals surface area contributed by atoms with Gasteiger partial charge in [0.25, 0.3) is 0 Å². The van der Waals surface area contributed by atoms with Crippen LogP contribution in [0.15, 0.2) is 42.5 Å². The molecule has 0 saturated carbocycles. The third kappa shape index (κ3) is 4.14. The molecule has 0 N–H and O–H groups in total. The molecule has 0 unspecified atom stereocenters. The van der Waals surface area contributed by atoms with Crippen molar-refractivity contribution in [3.63, 3.8) is 0 Å². The maximum Gasteiger partial charge on any atom is 0.387 e. The number of ether oxygens (including phenoxy) is 1. The molecular weight excluding hydrogens is 353 g/mol. The Bertz CT molecular complexity index is 685. The van der Waals surface area contributed by atoms with Crippen molar-refractivity contribution >= 4 is 19.2 Å². The first-order chi connectivity index (χ1) is 11.5. The highest BCUT2D eigenvalue weighted by Crippen LogP contribution is 2.35. The van der Waals surface area contributed by atoms with E-state index >= 15 is 0 Å². The van der Waals surface area contributed by atoms with Gasteiger partial charge in [-0.1, -0.05) is 30.3 Å². The molecule has 1 saturated heterocycles. The topological polar surface area (TPSA) is 9.23 Å². The zero-order valence-corrected chi connectivity index (χ0v) is 14.7. The van der Waals surface area contributed by atoms with Crippen molar-refractivity contribution in [1.82, 2.24) is 0 Å². The highest BCUT2D eigenvalue weighted by Gasteiger charge is 2.22. The fraction of sp³-hybridized carbons (Fsp3) is 0.333. The van der Waals surface area contributed by atoms with Gasteiger partial charge in [-0.15, -0.1) is 0 Å². The van der Waals surface area contributed by atoms with Crippen molar-refractivity contribution in [2.75, 3.05) is 0 Å². The first kappa shape index (κ1) is 17.4. The number of hydrogen-bond donors (Lipinski definition) is 0. The summed E-state index contributed by atoms with van der Waals surface area (Å²) in [5, 5.41) is 0. The maximum atomic E-state index is 13.8. The van der Waals surface area contributed by atoms with Gasteiger partial charge in [0.05, 0.1) is 0 Å². The van der Waals surface area contributed by atoms with Gasteiger partial charge in [-0.3, -0.25) is 0 Å². The average Bonchev–Trinajstić information content (AvgIpc) is 2.57. The number of halogens is 4. The summed E-state index contributed by atoms with van der Waals surface area (Å²) in [5.74, 6) is -0.683. The van der Waals surface area contributed by atoms with Crippen LogP contribution in [0, 0.1) is 5.82 Å². The van der Waals surface area contributed by atoms with Crippen LogP contribution in [0.25, 0.3) is 11.1 Å². The molecule has 6 heteroatoms. The molecule has 2 aromatic carbocycles. The summed E-state index contributed by atoms with van der Waals surface area (Å²) in [7, 11) is -0.635. The summed E-state index contributed by atoms with van der Waals surface area (Å²) >= 11 is 6.24. The average molecular weight is 370 g/mol. The van der Waals surface area contributed by atoms with E-state index in [1.165, 1.54) is 17.7 Å². The molecule has 1 aliphatic heterocycles. The minimum atomic E-state index is -3.03. The van der Waals surface area contributed by atoms with Crippen molar-refractivity contribution < 1.29 is 17.9 Å². The Morgan fingerprint density at radius 1 is 1.00 bits per heavy atom.